The van der Waals surface area contributed by atoms with Crippen molar-refractivity contribution in [1.82, 2.24) is 19.5 Å². The van der Waals surface area contributed by atoms with Crippen LogP contribution in [0.5, 0.6) is 0 Å². The van der Waals surface area contributed by atoms with Crippen LogP contribution in [0.4, 0.5) is 10.2 Å². The Kier molecular flexibility index (Phi) is 4.54. The van der Waals surface area contributed by atoms with Crippen LogP contribution in [0.1, 0.15) is 29.9 Å². The average Bonchev–Trinajstić information content (AvgIpc) is 3.25. The highest BCUT2D eigenvalue weighted by atomic mass is 19.1. The van der Waals surface area contributed by atoms with Gasteiger partial charge in [0.15, 0.2) is 29.4 Å². The highest BCUT2D eigenvalue weighted by Crippen LogP contribution is 2.35. The molecule has 9 heteroatoms. The van der Waals surface area contributed by atoms with E-state index in [1.807, 2.05) is 13.0 Å². The second-order valence-electron chi connectivity index (χ2n) is 6.27. The van der Waals surface area contributed by atoms with Crippen LogP contribution in [0.3, 0.4) is 0 Å². The molecule has 0 aliphatic carbocycles. The molecule has 0 bridgehead atoms. The zero-order valence-electron chi connectivity index (χ0n) is 14.5. The molecule has 1 fully saturated rings. The van der Waals surface area contributed by atoms with Gasteiger partial charge in [0.05, 0.1) is 12.4 Å². The minimum atomic E-state index is -1.61. The fourth-order valence-electron chi connectivity index (χ4n) is 3.16. The summed E-state index contributed by atoms with van der Waals surface area (Å²) in [7, 11) is 0. The van der Waals surface area contributed by atoms with Crippen LogP contribution in [0.25, 0.3) is 11.2 Å². The van der Waals surface area contributed by atoms with Gasteiger partial charge < -0.3 is 15.2 Å². The van der Waals surface area contributed by atoms with Crippen molar-refractivity contribution < 1.29 is 19.0 Å². The van der Waals surface area contributed by atoms with Gasteiger partial charge in [0.25, 0.3) is 5.91 Å². The van der Waals surface area contributed by atoms with Gasteiger partial charge >= 0.3 is 0 Å². The first-order valence-corrected chi connectivity index (χ1v) is 8.61. The number of fused-ring (bicyclic) bond motifs is 1. The summed E-state index contributed by atoms with van der Waals surface area (Å²) < 4.78 is 21.5. The van der Waals surface area contributed by atoms with E-state index in [1.54, 1.807) is 24.3 Å². The Bertz CT molecular complexity index is 964. The second-order valence-corrected chi connectivity index (χ2v) is 6.27. The number of carbonyl (C=O) groups is 1. The molecule has 2 aromatic heterocycles. The summed E-state index contributed by atoms with van der Waals surface area (Å²) in [5, 5.41) is 12.7. The van der Waals surface area contributed by atoms with E-state index in [1.165, 1.54) is 17.2 Å². The van der Waals surface area contributed by atoms with Crippen LogP contribution in [0.15, 0.2) is 43.0 Å². The molecule has 0 unspecified atom stereocenters. The van der Waals surface area contributed by atoms with Crippen LogP contribution in [0, 0.1) is 0 Å². The van der Waals surface area contributed by atoms with E-state index in [4.69, 9.17) is 4.74 Å². The first kappa shape index (κ1) is 17.5. The first-order chi connectivity index (χ1) is 13.1. The molecule has 3 aromatic rings. The predicted octanol–water partition coefficient (Wildman–Crippen LogP) is 2.09. The summed E-state index contributed by atoms with van der Waals surface area (Å²) in [6, 6.07) is 8.69. The van der Waals surface area contributed by atoms with Gasteiger partial charge in [0, 0.05) is 5.56 Å². The van der Waals surface area contributed by atoms with Crippen LogP contribution < -0.4 is 5.32 Å². The number of benzene rings is 1. The molecule has 1 aliphatic rings. The van der Waals surface area contributed by atoms with E-state index in [9.17, 15) is 14.3 Å². The van der Waals surface area contributed by atoms with Gasteiger partial charge in [-0.1, -0.05) is 25.1 Å². The summed E-state index contributed by atoms with van der Waals surface area (Å²) in [5.41, 5.74) is 1.09. The third kappa shape index (κ3) is 3.04. The molecule has 0 radical (unpaired) electrons. The van der Waals surface area contributed by atoms with E-state index in [-0.39, 0.29) is 11.7 Å². The number of nitrogens with one attached hydrogen (secondary N) is 1. The third-order valence-electron chi connectivity index (χ3n) is 4.60. The molecule has 8 nitrogen and oxygen atoms in total. The number of hydrogen-bond acceptors (Lipinski definition) is 6. The number of rotatable bonds is 4. The molecule has 1 aliphatic heterocycles. The summed E-state index contributed by atoms with van der Waals surface area (Å²) in [5.74, 6) is -0.124. The number of nitrogens with zero attached hydrogens (tertiary/aromatic N) is 4. The Morgan fingerprint density at radius 2 is 2.07 bits per heavy atom. The van der Waals surface area contributed by atoms with Gasteiger partial charge in [-0.2, -0.15) is 0 Å². The Morgan fingerprint density at radius 1 is 1.30 bits per heavy atom. The molecule has 2 N–H and O–H groups in total. The normalized spacial score (nSPS) is 25.0. The SMILES string of the molecule is CC[C@H]1O[C@@H](n2cnc3c(NC(=O)c4ccccc4)ncnc32)[C@@H](F)[C@@H]1O. The third-order valence-corrected chi connectivity index (χ3v) is 4.60. The number of aliphatic hydroxyl groups excluding tert-OH is 1. The highest BCUT2D eigenvalue weighted by Gasteiger charge is 2.44. The summed E-state index contributed by atoms with van der Waals surface area (Å²) in [6.45, 7) is 1.81. The summed E-state index contributed by atoms with van der Waals surface area (Å²) in [4.78, 5) is 24.8. The van der Waals surface area contributed by atoms with Crippen molar-refractivity contribution in [3.8, 4) is 0 Å². The number of halogens is 1. The second kappa shape index (κ2) is 7.01. The smallest absolute Gasteiger partial charge is 0.256 e. The Hall–Kier alpha value is -2.91. The Morgan fingerprint density at radius 3 is 2.78 bits per heavy atom. The standard InChI is InChI=1S/C18H18FN5O3/c1-2-11-14(25)12(19)18(27-11)24-9-22-13-15(20-8-21-16(13)24)23-17(26)10-6-4-3-5-7-10/h3-9,11-12,14,18,25H,2H2,1H3,(H,20,21,23,26)/t11-,12+,14-,18-/m1/s1. The van der Waals surface area contributed by atoms with Gasteiger partial charge in [0.2, 0.25) is 0 Å². The number of ether oxygens (including phenoxy) is 1. The number of aliphatic hydroxyl groups is 1. The molecular weight excluding hydrogens is 353 g/mol. The van der Waals surface area contributed by atoms with Crippen molar-refractivity contribution in [2.45, 2.75) is 38.0 Å². The molecular formula is C18H18FN5O3. The zero-order chi connectivity index (χ0) is 19.0. The van der Waals surface area contributed by atoms with Crippen LogP contribution in [0.2, 0.25) is 0 Å². The van der Waals surface area contributed by atoms with Gasteiger partial charge in [-0.25, -0.2) is 19.3 Å². The molecule has 27 heavy (non-hydrogen) atoms. The molecule has 140 valence electrons. The lowest BCUT2D eigenvalue weighted by atomic mass is 10.1. The lowest BCUT2D eigenvalue weighted by Crippen LogP contribution is -2.27. The lowest BCUT2D eigenvalue weighted by molar-refractivity contribution is -0.0238. The van der Waals surface area contributed by atoms with Gasteiger partial charge in [0.1, 0.15) is 12.4 Å². The number of alkyl halides is 1. The van der Waals surface area contributed by atoms with E-state index in [2.05, 4.69) is 20.3 Å². The van der Waals surface area contributed by atoms with Crippen molar-refractivity contribution in [2.24, 2.45) is 0 Å². The maximum absolute atomic E-state index is 14.5. The first-order valence-electron chi connectivity index (χ1n) is 8.61. The van der Waals surface area contributed by atoms with E-state index in [0.717, 1.165) is 0 Å². The monoisotopic (exact) mass is 371 g/mol. The minimum Gasteiger partial charge on any atom is -0.387 e. The number of amides is 1. The number of aromatic nitrogens is 4. The van der Waals surface area contributed by atoms with E-state index in [0.29, 0.717) is 23.1 Å². The van der Waals surface area contributed by atoms with Crippen LogP contribution in [-0.2, 0) is 4.74 Å². The maximum Gasteiger partial charge on any atom is 0.256 e. The molecule has 3 heterocycles. The largest absolute Gasteiger partial charge is 0.387 e. The van der Waals surface area contributed by atoms with Gasteiger partial charge in [-0.15, -0.1) is 0 Å². The fourth-order valence-corrected chi connectivity index (χ4v) is 3.16. The molecule has 0 saturated carbocycles. The number of imidazole rings is 1. The van der Waals surface area contributed by atoms with Crippen molar-refractivity contribution in [3.05, 3.63) is 48.5 Å². The van der Waals surface area contributed by atoms with Gasteiger partial charge in [-0.05, 0) is 18.6 Å². The van der Waals surface area contributed by atoms with Crippen molar-refractivity contribution in [2.75, 3.05) is 5.32 Å². The topological polar surface area (TPSA) is 102 Å². The van der Waals surface area contributed by atoms with Gasteiger partial charge in [-0.3, -0.25) is 9.36 Å². The summed E-state index contributed by atoms with van der Waals surface area (Å²) in [6.07, 6.45) is -1.33. The van der Waals surface area contributed by atoms with E-state index < -0.39 is 24.6 Å². The molecule has 0 spiro atoms. The lowest BCUT2D eigenvalue weighted by Gasteiger charge is -2.15. The fraction of sp³-hybridized carbons (Fsp3) is 0.333. The highest BCUT2D eigenvalue weighted by molar-refractivity contribution is 6.06. The summed E-state index contributed by atoms with van der Waals surface area (Å²) >= 11 is 0. The zero-order valence-corrected chi connectivity index (χ0v) is 14.5. The minimum absolute atomic E-state index is 0.216. The maximum atomic E-state index is 14.5. The number of anilines is 1. The number of carbonyl (C=O) groups excluding carboxylic acids is 1. The average molecular weight is 371 g/mol. The molecule has 4 rings (SSSR count). The predicted molar refractivity (Wildman–Crippen MR) is 94.8 cm³/mol. The molecule has 1 amide bonds. The van der Waals surface area contributed by atoms with Crippen molar-refractivity contribution in [3.63, 3.8) is 0 Å². The quantitative estimate of drug-likeness (QED) is 0.728. The van der Waals surface area contributed by atoms with Crippen molar-refractivity contribution >= 4 is 22.9 Å². The molecule has 1 aromatic carbocycles. The number of hydrogen-bond donors (Lipinski definition) is 2. The van der Waals surface area contributed by atoms with E-state index >= 15 is 0 Å². The molecule has 1 saturated heterocycles. The molecule has 4 atom stereocenters. The van der Waals surface area contributed by atoms with Crippen LogP contribution >= 0.6 is 0 Å². The Balaban J connectivity index is 1.65. The van der Waals surface area contributed by atoms with Crippen LogP contribution in [-0.4, -0.2) is 48.9 Å². The Labute approximate surface area is 154 Å². The van der Waals surface area contributed by atoms with Crippen molar-refractivity contribution in [1.29, 1.82) is 0 Å².